The first-order valence-electron chi connectivity index (χ1n) is 17.4. The minimum atomic E-state index is -1.26. The average Bonchev–Trinajstić information content (AvgIpc) is 3.75. The number of nitrogens with two attached hydrogens (primary N) is 1. The molecular weight excluding hydrogens is 630 g/mol. The van der Waals surface area contributed by atoms with E-state index < -0.39 is 47.4 Å². The number of rotatable bonds is 16. The Labute approximate surface area is 287 Å². The highest BCUT2D eigenvalue weighted by Gasteiger charge is 2.44. The number of aliphatic hydroxyl groups is 1. The van der Waals surface area contributed by atoms with Crippen LogP contribution in [0.15, 0.2) is 36.5 Å². The van der Waals surface area contributed by atoms with Gasteiger partial charge in [-0.3, -0.25) is 19.2 Å². The number of carbonyl (C=O) groups is 5. The third-order valence-electron chi connectivity index (χ3n) is 9.52. The summed E-state index contributed by atoms with van der Waals surface area (Å²) in [6.45, 7) is 5.66. The van der Waals surface area contributed by atoms with E-state index in [-0.39, 0.29) is 44.4 Å². The highest BCUT2D eigenvalue weighted by atomic mass is 16.5. The lowest BCUT2D eigenvalue weighted by molar-refractivity contribution is -0.143. The maximum atomic E-state index is 14.0. The molecule has 1 saturated heterocycles. The number of ketones is 1. The van der Waals surface area contributed by atoms with Gasteiger partial charge in [0, 0.05) is 25.4 Å². The number of amides is 4. The highest BCUT2D eigenvalue weighted by Crippen LogP contribution is 2.34. The second-order valence-electron chi connectivity index (χ2n) is 13.9. The van der Waals surface area contributed by atoms with Gasteiger partial charge in [-0.25, -0.2) is 9.48 Å². The van der Waals surface area contributed by atoms with Crippen molar-refractivity contribution in [2.24, 2.45) is 17.6 Å². The van der Waals surface area contributed by atoms with E-state index in [4.69, 9.17) is 10.5 Å². The van der Waals surface area contributed by atoms with E-state index in [0.29, 0.717) is 24.5 Å². The maximum absolute atomic E-state index is 14.0. The van der Waals surface area contributed by atoms with E-state index in [0.717, 1.165) is 37.7 Å². The zero-order valence-corrected chi connectivity index (χ0v) is 28.8. The zero-order valence-electron chi connectivity index (χ0n) is 28.8. The van der Waals surface area contributed by atoms with Crippen LogP contribution in [0.1, 0.15) is 102 Å². The number of primary amides is 1. The van der Waals surface area contributed by atoms with Gasteiger partial charge in [0.05, 0.1) is 24.0 Å². The number of nitrogens with zero attached hydrogens (tertiary/aromatic N) is 4. The largest absolute Gasteiger partial charge is 0.445 e. The Kier molecular flexibility index (Phi) is 13.3. The van der Waals surface area contributed by atoms with Crippen molar-refractivity contribution in [2.45, 2.75) is 115 Å². The molecule has 1 aliphatic carbocycles. The Hall–Kier alpha value is -4.33. The summed E-state index contributed by atoms with van der Waals surface area (Å²) in [5.74, 6) is -2.73. The average molecular weight is 682 g/mol. The van der Waals surface area contributed by atoms with Gasteiger partial charge in [0.15, 0.2) is 0 Å². The van der Waals surface area contributed by atoms with E-state index in [1.165, 1.54) is 12.6 Å². The molecule has 1 aliphatic heterocycles. The van der Waals surface area contributed by atoms with Crippen molar-refractivity contribution < 1.29 is 33.8 Å². The topological polar surface area (TPSA) is 199 Å². The highest BCUT2D eigenvalue weighted by molar-refractivity contribution is 6.37. The second-order valence-corrected chi connectivity index (χ2v) is 13.9. The van der Waals surface area contributed by atoms with Crippen molar-refractivity contribution in [3.63, 3.8) is 0 Å². The number of nitrogens with one attached hydrogen (secondary N) is 2. The number of benzene rings is 1. The van der Waals surface area contributed by atoms with Crippen molar-refractivity contribution >= 4 is 29.6 Å². The van der Waals surface area contributed by atoms with Crippen LogP contribution in [0.2, 0.25) is 0 Å². The minimum Gasteiger partial charge on any atom is -0.445 e. The van der Waals surface area contributed by atoms with E-state index >= 15 is 0 Å². The number of aromatic nitrogens is 3. The first kappa shape index (κ1) is 37.5. The molecule has 5 N–H and O–H groups in total. The molecule has 0 spiro atoms. The third-order valence-corrected chi connectivity index (χ3v) is 9.52. The van der Waals surface area contributed by atoms with Crippen LogP contribution < -0.4 is 16.4 Å². The number of hydrogen-bond acceptors (Lipinski definition) is 9. The number of carbonyl (C=O) groups excluding carboxylic acids is 5. The number of hydrogen-bond donors (Lipinski definition) is 4. The quantitative estimate of drug-likeness (QED) is 0.152. The summed E-state index contributed by atoms with van der Waals surface area (Å²) in [6, 6.07) is 6.65. The summed E-state index contributed by atoms with van der Waals surface area (Å²) in [5.41, 5.74) is 5.38. The lowest BCUT2D eigenvalue weighted by Gasteiger charge is -2.30. The van der Waals surface area contributed by atoms with Gasteiger partial charge >= 0.3 is 6.09 Å². The fraction of sp³-hybridized carbons (Fsp3) is 0.629. The number of alkyl carbamates (subject to hydrolysis) is 1. The molecule has 0 bridgehead atoms. The van der Waals surface area contributed by atoms with Crippen molar-refractivity contribution in [3.8, 4) is 0 Å². The predicted molar refractivity (Wildman–Crippen MR) is 179 cm³/mol. The Bertz CT molecular complexity index is 1440. The minimum absolute atomic E-state index is 0.0996. The van der Waals surface area contributed by atoms with Crippen LogP contribution in [0, 0.1) is 11.8 Å². The van der Waals surface area contributed by atoms with E-state index in [1.54, 1.807) is 23.4 Å². The molecule has 2 aromatic rings. The predicted octanol–water partition coefficient (Wildman–Crippen LogP) is 2.89. The van der Waals surface area contributed by atoms with Gasteiger partial charge in [-0.05, 0) is 51.0 Å². The Balaban J connectivity index is 1.40. The molecule has 1 aromatic carbocycles. The molecule has 4 atom stereocenters. The van der Waals surface area contributed by atoms with Crippen LogP contribution >= 0.6 is 0 Å². The summed E-state index contributed by atoms with van der Waals surface area (Å²) >= 11 is 0. The van der Waals surface area contributed by atoms with Crippen molar-refractivity contribution in [1.82, 2.24) is 30.5 Å². The monoisotopic (exact) mass is 681 g/mol. The molecule has 2 heterocycles. The SMILES string of the molecule is C[C@H](CC1CCCCC1)C(=O)N1C[C@@H](n2nncc2C(C)(C)O)C[C@H]1C(=O)NC(CCCCNC(=O)OCc1ccccc1)C(=O)C(N)=O. The van der Waals surface area contributed by atoms with Gasteiger partial charge in [-0.15, -0.1) is 5.10 Å². The summed E-state index contributed by atoms with van der Waals surface area (Å²) in [5, 5.41) is 24.2. The fourth-order valence-corrected chi connectivity index (χ4v) is 6.89. The van der Waals surface area contributed by atoms with E-state index in [2.05, 4.69) is 20.9 Å². The summed E-state index contributed by atoms with van der Waals surface area (Å²) in [4.78, 5) is 66.2. The molecule has 4 amide bonds. The number of unbranched alkanes of at least 4 members (excludes halogenated alkanes) is 1. The lowest BCUT2D eigenvalue weighted by Crippen LogP contribution is -2.53. The Morgan fingerprint density at radius 3 is 2.47 bits per heavy atom. The number of Topliss-reactive ketones (excluding diaryl/α,β-unsaturated/α-hetero) is 1. The van der Waals surface area contributed by atoms with Gasteiger partial charge in [0.25, 0.3) is 5.91 Å². The van der Waals surface area contributed by atoms with Crippen LogP contribution in [0.5, 0.6) is 0 Å². The molecule has 0 radical (unpaired) electrons. The van der Waals surface area contributed by atoms with Gasteiger partial charge in [-0.1, -0.05) is 74.6 Å². The molecule has 2 fully saturated rings. The van der Waals surface area contributed by atoms with Crippen molar-refractivity contribution in [1.29, 1.82) is 0 Å². The first-order chi connectivity index (χ1) is 23.3. The molecule has 1 unspecified atom stereocenters. The standard InChI is InChI=1S/C35H51N7O7/c1-23(18-24-12-6-4-7-13-24)33(46)41-21-26(42-29(20-38-40-42)35(2,3)48)19-28(41)32(45)39-27(30(43)31(36)44)16-10-11-17-37-34(47)49-22-25-14-8-5-9-15-25/h5,8-9,14-15,20,23-24,26-28,48H,4,6-7,10-13,16-19,21-22H2,1-3H3,(H2,36,44)(H,37,47)(H,39,45)/t23-,26+,27?,28+/m1/s1. The summed E-state index contributed by atoms with van der Waals surface area (Å²) in [7, 11) is 0. The second kappa shape index (κ2) is 17.4. The van der Waals surface area contributed by atoms with Gasteiger partial charge in [0.2, 0.25) is 17.6 Å². The van der Waals surface area contributed by atoms with Crippen LogP contribution in [-0.2, 0) is 36.1 Å². The van der Waals surface area contributed by atoms with Gasteiger partial charge in [0.1, 0.15) is 18.2 Å². The summed E-state index contributed by atoms with van der Waals surface area (Å²) in [6.07, 6.45) is 8.38. The summed E-state index contributed by atoms with van der Waals surface area (Å²) < 4.78 is 6.77. The first-order valence-corrected chi connectivity index (χ1v) is 17.4. The lowest BCUT2D eigenvalue weighted by atomic mass is 9.83. The van der Waals surface area contributed by atoms with Gasteiger partial charge in [-0.2, -0.15) is 0 Å². The third kappa shape index (κ3) is 10.6. The molecular formula is C35H51N7O7. The van der Waals surface area contributed by atoms with Crippen molar-refractivity contribution in [3.05, 3.63) is 47.8 Å². The molecule has 49 heavy (non-hydrogen) atoms. The van der Waals surface area contributed by atoms with E-state index in [9.17, 15) is 29.1 Å². The molecule has 1 aromatic heterocycles. The number of likely N-dealkylation sites (tertiary alicyclic amines) is 1. The molecule has 1 saturated carbocycles. The molecule has 4 rings (SSSR count). The number of ether oxygens (including phenoxy) is 1. The molecule has 268 valence electrons. The normalized spacial score (nSPS) is 19.6. The van der Waals surface area contributed by atoms with Crippen LogP contribution in [0.4, 0.5) is 4.79 Å². The van der Waals surface area contributed by atoms with Crippen LogP contribution in [0.3, 0.4) is 0 Å². The van der Waals surface area contributed by atoms with Crippen molar-refractivity contribution in [2.75, 3.05) is 13.1 Å². The van der Waals surface area contributed by atoms with Gasteiger partial charge < -0.3 is 31.1 Å². The molecule has 14 nitrogen and oxygen atoms in total. The van der Waals surface area contributed by atoms with Crippen LogP contribution in [0.25, 0.3) is 0 Å². The fourth-order valence-electron chi connectivity index (χ4n) is 6.89. The molecule has 2 aliphatic rings. The Morgan fingerprint density at radius 2 is 1.80 bits per heavy atom. The van der Waals surface area contributed by atoms with Crippen LogP contribution in [-0.4, -0.2) is 79.8 Å². The zero-order chi connectivity index (χ0) is 35.6. The smallest absolute Gasteiger partial charge is 0.407 e. The Morgan fingerprint density at radius 1 is 1.08 bits per heavy atom. The molecule has 14 heteroatoms. The maximum Gasteiger partial charge on any atom is 0.407 e. The van der Waals surface area contributed by atoms with E-state index in [1.807, 2.05) is 37.3 Å².